The zero-order valence-electron chi connectivity index (χ0n) is 11.5. The van der Waals surface area contributed by atoms with Crippen molar-refractivity contribution in [3.05, 3.63) is 58.9 Å². The normalized spacial score (nSPS) is 18.0. The number of aromatic nitrogens is 1. The highest BCUT2D eigenvalue weighted by molar-refractivity contribution is 6.33. The number of halogens is 1. The van der Waals surface area contributed by atoms with E-state index in [2.05, 4.69) is 4.98 Å². The number of hydrogen-bond acceptors (Lipinski definition) is 3. The molecular weight excluding hydrogens is 286 g/mol. The van der Waals surface area contributed by atoms with Gasteiger partial charge in [-0.2, -0.15) is 0 Å². The lowest BCUT2D eigenvalue weighted by molar-refractivity contribution is 0.0735. The largest absolute Gasteiger partial charge is 0.398 e. The number of nitrogen functional groups attached to an aromatic ring is 1. The molecular formula is C16H16ClN3O. The highest BCUT2D eigenvalue weighted by Gasteiger charge is 2.30. The number of carbonyl (C=O) groups excluding carboxylic acids is 1. The lowest BCUT2D eigenvalue weighted by atomic mass is 10.1. The van der Waals surface area contributed by atoms with E-state index in [1.54, 1.807) is 30.6 Å². The third-order valence-electron chi connectivity index (χ3n) is 3.85. The Morgan fingerprint density at radius 1 is 1.29 bits per heavy atom. The van der Waals surface area contributed by atoms with E-state index in [0.717, 1.165) is 24.9 Å². The summed E-state index contributed by atoms with van der Waals surface area (Å²) in [5.74, 6) is -0.00351. The maximum atomic E-state index is 12.7. The van der Waals surface area contributed by atoms with Gasteiger partial charge in [-0.05, 0) is 48.7 Å². The molecule has 108 valence electrons. The Kier molecular flexibility index (Phi) is 3.80. The number of benzene rings is 1. The van der Waals surface area contributed by atoms with Gasteiger partial charge in [0.15, 0.2) is 0 Å². The Labute approximate surface area is 128 Å². The Hall–Kier alpha value is -2.07. The predicted octanol–water partition coefficient (Wildman–Crippen LogP) is 3.29. The molecule has 1 amide bonds. The van der Waals surface area contributed by atoms with E-state index in [9.17, 15) is 4.79 Å². The number of rotatable bonds is 2. The summed E-state index contributed by atoms with van der Waals surface area (Å²) >= 11 is 6.01. The Balaban J connectivity index is 1.88. The fourth-order valence-corrected chi connectivity index (χ4v) is 2.95. The van der Waals surface area contributed by atoms with E-state index < -0.39 is 0 Å². The van der Waals surface area contributed by atoms with Crippen LogP contribution in [0, 0.1) is 0 Å². The number of amides is 1. The highest BCUT2D eigenvalue weighted by atomic mass is 35.5. The van der Waals surface area contributed by atoms with Crippen molar-refractivity contribution in [2.45, 2.75) is 18.9 Å². The summed E-state index contributed by atoms with van der Waals surface area (Å²) in [6.45, 7) is 0.758. The Bertz CT molecular complexity index is 660. The molecule has 2 N–H and O–H groups in total. The number of nitrogens with two attached hydrogens (primary N) is 1. The van der Waals surface area contributed by atoms with E-state index in [-0.39, 0.29) is 11.9 Å². The van der Waals surface area contributed by atoms with E-state index in [1.807, 2.05) is 17.0 Å². The number of anilines is 1. The van der Waals surface area contributed by atoms with Gasteiger partial charge in [-0.25, -0.2) is 0 Å². The van der Waals surface area contributed by atoms with Gasteiger partial charge in [0.25, 0.3) is 5.91 Å². The second-order valence-electron chi connectivity index (χ2n) is 5.17. The molecule has 1 aliphatic heterocycles. The molecule has 1 aromatic carbocycles. The zero-order chi connectivity index (χ0) is 14.8. The predicted molar refractivity (Wildman–Crippen MR) is 83.1 cm³/mol. The fraction of sp³-hybridized carbons (Fsp3) is 0.250. The lowest BCUT2D eigenvalue weighted by Gasteiger charge is -2.25. The van der Waals surface area contributed by atoms with Crippen molar-refractivity contribution in [2.24, 2.45) is 0 Å². The van der Waals surface area contributed by atoms with Crippen molar-refractivity contribution in [2.75, 3.05) is 12.3 Å². The van der Waals surface area contributed by atoms with Crippen LogP contribution in [0.3, 0.4) is 0 Å². The van der Waals surface area contributed by atoms with Crippen LogP contribution in [0.5, 0.6) is 0 Å². The molecule has 4 nitrogen and oxygen atoms in total. The molecule has 0 saturated carbocycles. The van der Waals surface area contributed by atoms with Gasteiger partial charge in [0, 0.05) is 24.5 Å². The van der Waals surface area contributed by atoms with Crippen molar-refractivity contribution in [3.8, 4) is 0 Å². The molecule has 5 heteroatoms. The van der Waals surface area contributed by atoms with Gasteiger partial charge in [0.05, 0.1) is 16.8 Å². The van der Waals surface area contributed by atoms with Gasteiger partial charge >= 0.3 is 0 Å². The third-order valence-corrected chi connectivity index (χ3v) is 4.18. The molecule has 0 spiro atoms. The quantitative estimate of drug-likeness (QED) is 0.866. The standard InChI is InChI=1S/C16H16ClN3O/c17-13-10-12(3-4-14(13)18)16(21)20-9-1-2-15(20)11-5-7-19-8-6-11/h3-8,10,15H,1-2,9,18H2. The van der Waals surface area contributed by atoms with Crippen LogP contribution in [0.25, 0.3) is 0 Å². The van der Waals surface area contributed by atoms with E-state index >= 15 is 0 Å². The molecule has 2 aromatic rings. The van der Waals surface area contributed by atoms with Gasteiger partial charge in [-0.15, -0.1) is 0 Å². The van der Waals surface area contributed by atoms with Crippen LogP contribution < -0.4 is 5.73 Å². The Morgan fingerprint density at radius 2 is 2.05 bits per heavy atom. The number of likely N-dealkylation sites (tertiary alicyclic amines) is 1. The molecule has 0 bridgehead atoms. The van der Waals surface area contributed by atoms with Gasteiger partial charge in [0.1, 0.15) is 0 Å². The van der Waals surface area contributed by atoms with Crippen LogP contribution in [-0.4, -0.2) is 22.3 Å². The summed E-state index contributed by atoms with van der Waals surface area (Å²) < 4.78 is 0. The zero-order valence-corrected chi connectivity index (χ0v) is 12.3. The van der Waals surface area contributed by atoms with Crippen LogP contribution in [0.2, 0.25) is 5.02 Å². The first kappa shape index (κ1) is 13.9. The first-order valence-corrected chi connectivity index (χ1v) is 7.30. The molecule has 21 heavy (non-hydrogen) atoms. The number of nitrogens with zero attached hydrogens (tertiary/aromatic N) is 2. The number of hydrogen-bond donors (Lipinski definition) is 1. The van der Waals surface area contributed by atoms with Crippen LogP contribution in [0.4, 0.5) is 5.69 Å². The van der Waals surface area contributed by atoms with Gasteiger partial charge < -0.3 is 10.6 Å². The highest BCUT2D eigenvalue weighted by Crippen LogP contribution is 2.33. The molecule has 0 radical (unpaired) electrons. The minimum absolute atomic E-state index is 0.00351. The molecule has 1 aliphatic rings. The second kappa shape index (κ2) is 5.74. The first-order valence-electron chi connectivity index (χ1n) is 6.93. The maximum Gasteiger partial charge on any atom is 0.254 e. The van der Waals surface area contributed by atoms with Crippen molar-refractivity contribution in [1.82, 2.24) is 9.88 Å². The minimum Gasteiger partial charge on any atom is -0.398 e. The average molecular weight is 302 g/mol. The molecule has 1 saturated heterocycles. The SMILES string of the molecule is Nc1ccc(C(=O)N2CCCC2c2ccncc2)cc1Cl. The second-order valence-corrected chi connectivity index (χ2v) is 5.58. The van der Waals surface area contributed by atoms with Gasteiger partial charge in [-0.3, -0.25) is 9.78 Å². The topological polar surface area (TPSA) is 59.2 Å². The monoisotopic (exact) mass is 301 g/mol. The summed E-state index contributed by atoms with van der Waals surface area (Å²) in [6.07, 6.45) is 5.49. The molecule has 0 aliphatic carbocycles. The molecule has 1 aromatic heterocycles. The van der Waals surface area contributed by atoms with E-state index in [4.69, 9.17) is 17.3 Å². The third kappa shape index (κ3) is 2.72. The maximum absolute atomic E-state index is 12.7. The van der Waals surface area contributed by atoms with E-state index in [0.29, 0.717) is 16.3 Å². The summed E-state index contributed by atoms with van der Waals surface area (Å²) in [7, 11) is 0. The number of pyridine rings is 1. The molecule has 1 fully saturated rings. The summed E-state index contributed by atoms with van der Waals surface area (Å²) in [4.78, 5) is 18.6. The fourth-order valence-electron chi connectivity index (χ4n) is 2.77. The van der Waals surface area contributed by atoms with Gasteiger partial charge in [-0.1, -0.05) is 11.6 Å². The number of carbonyl (C=O) groups is 1. The summed E-state index contributed by atoms with van der Waals surface area (Å²) in [6, 6.07) is 9.08. The molecule has 3 rings (SSSR count). The van der Waals surface area contributed by atoms with Crippen molar-refractivity contribution in [3.63, 3.8) is 0 Å². The van der Waals surface area contributed by atoms with Crippen LogP contribution in [0.1, 0.15) is 34.8 Å². The summed E-state index contributed by atoms with van der Waals surface area (Å²) in [5.41, 5.74) is 7.88. The van der Waals surface area contributed by atoms with Crippen molar-refractivity contribution in [1.29, 1.82) is 0 Å². The molecule has 1 atom stereocenters. The molecule has 1 unspecified atom stereocenters. The van der Waals surface area contributed by atoms with Crippen LogP contribution in [-0.2, 0) is 0 Å². The van der Waals surface area contributed by atoms with Gasteiger partial charge in [0.2, 0.25) is 0 Å². The van der Waals surface area contributed by atoms with Crippen molar-refractivity contribution >= 4 is 23.2 Å². The average Bonchev–Trinajstić information content (AvgIpc) is 2.99. The first-order chi connectivity index (χ1) is 10.2. The van der Waals surface area contributed by atoms with E-state index in [1.165, 1.54) is 0 Å². The van der Waals surface area contributed by atoms with Crippen LogP contribution in [0.15, 0.2) is 42.7 Å². The lowest BCUT2D eigenvalue weighted by Crippen LogP contribution is -2.30. The van der Waals surface area contributed by atoms with Crippen LogP contribution >= 0.6 is 11.6 Å². The van der Waals surface area contributed by atoms with Crippen molar-refractivity contribution < 1.29 is 4.79 Å². The Morgan fingerprint density at radius 3 is 2.76 bits per heavy atom. The minimum atomic E-state index is -0.00351. The summed E-state index contributed by atoms with van der Waals surface area (Å²) in [5, 5.41) is 0.417. The molecule has 2 heterocycles. The smallest absolute Gasteiger partial charge is 0.254 e.